The summed E-state index contributed by atoms with van der Waals surface area (Å²) in [7, 11) is 1.76. The number of anilines is 1. The lowest BCUT2D eigenvalue weighted by Crippen LogP contribution is -2.35. The molecule has 0 fully saturated rings. The fraction of sp³-hybridized carbons (Fsp3) is 0.462. The molecule has 0 saturated heterocycles. The van der Waals surface area contributed by atoms with Gasteiger partial charge in [0.1, 0.15) is 5.82 Å². The summed E-state index contributed by atoms with van der Waals surface area (Å²) in [5.74, 6) is -0.398. The maximum atomic E-state index is 13.5. The van der Waals surface area contributed by atoms with Crippen LogP contribution in [0, 0.1) is 5.82 Å². The molecule has 100 valence electrons. The predicted octanol–water partition coefficient (Wildman–Crippen LogP) is 1.37. The lowest BCUT2D eigenvalue weighted by Gasteiger charge is -2.17. The van der Waals surface area contributed by atoms with Crippen LogP contribution >= 0.6 is 0 Å². The van der Waals surface area contributed by atoms with Gasteiger partial charge >= 0.3 is 0 Å². The Balaban J connectivity index is 2.54. The van der Waals surface area contributed by atoms with Gasteiger partial charge in [-0.25, -0.2) is 4.39 Å². The normalized spacial score (nSPS) is 10.7. The number of benzene rings is 1. The number of nitrogens with zero attached hydrogens (tertiary/aromatic N) is 1. The van der Waals surface area contributed by atoms with Gasteiger partial charge in [0.05, 0.1) is 6.54 Å². The van der Waals surface area contributed by atoms with Crippen LogP contribution in [0.1, 0.15) is 18.9 Å². The van der Waals surface area contributed by atoms with Gasteiger partial charge in [0.25, 0.3) is 0 Å². The summed E-state index contributed by atoms with van der Waals surface area (Å²) in [6.45, 7) is 3.20. The van der Waals surface area contributed by atoms with Gasteiger partial charge in [-0.2, -0.15) is 0 Å². The molecule has 4 nitrogen and oxygen atoms in total. The van der Waals surface area contributed by atoms with Crippen LogP contribution in [0.4, 0.5) is 10.1 Å². The second-order valence-electron chi connectivity index (χ2n) is 4.33. The third-order valence-corrected chi connectivity index (χ3v) is 2.57. The first-order valence-electron chi connectivity index (χ1n) is 6.02. The SMILES string of the molecule is CCCNC(=O)CN(C)Cc1c(N)cccc1F. The van der Waals surface area contributed by atoms with Gasteiger partial charge in [-0.15, -0.1) is 0 Å². The Morgan fingerprint density at radius 3 is 2.83 bits per heavy atom. The number of hydrogen-bond donors (Lipinski definition) is 2. The Hall–Kier alpha value is -1.62. The molecule has 3 N–H and O–H groups in total. The molecule has 0 atom stereocenters. The van der Waals surface area contributed by atoms with Crippen LogP contribution < -0.4 is 11.1 Å². The quantitative estimate of drug-likeness (QED) is 0.753. The van der Waals surface area contributed by atoms with E-state index in [2.05, 4.69) is 5.32 Å². The fourth-order valence-corrected chi connectivity index (χ4v) is 1.63. The minimum absolute atomic E-state index is 0.0609. The first-order valence-corrected chi connectivity index (χ1v) is 6.02. The summed E-state index contributed by atoms with van der Waals surface area (Å²) in [6.07, 6.45) is 0.899. The van der Waals surface area contributed by atoms with Crippen molar-refractivity contribution in [3.8, 4) is 0 Å². The average Bonchev–Trinajstić information content (AvgIpc) is 2.31. The highest BCUT2D eigenvalue weighted by Gasteiger charge is 2.11. The molecule has 0 radical (unpaired) electrons. The molecule has 1 aromatic carbocycles. The number of rotatable bonds is 6. The van der Waals surface area contributed by atoms with Gasteiger partial charge in [-0.1, -0.05) is 13.0 Å². The Kier molecular flexibility index (Phi) is 5.58. The summed E-state index contributed by atoms with van der Waals surface area (Å²) in [4.78, 5) is 13.2. The zero-order chi connectivity index (χ0) is 13.5. The number of carbonyl (C=O) groups excluding carboxylic acids is 1. The van der Waals surface area contributed by atoms with Gasteiger partial charge in [0, 0.05) is 24.3 Å². The molecule has 1 rings (SSSR count). The van der Waals surface area contributed by atoms with Gasteiger partial charge in [0.2, 0.25) is 5.91 Å². The van der Waals surface area contributed by atoms with E-state index in [0.717, 1.165) is 6.42 Å². The molecule has 0 bridgehead atoms. The Labute approximate surface area is 107 Å². The van der Waals surface area contributed by atoms with Crippen LogP contribution in [0.25, 0.3) is 0 Å². The summed E-state index contributed by atoms with van der Waals surface area (Å²) >= 11 is 0. The van der Waals surface area contributed by atoms with E-state index in [1.165, 1.54) is 6.07 Å². The van der Waals surface area contributed by atoms with Crippen molar-refractivity contribution in [3.05, 3.63) is 29.6 Å². The molecule has 5 heteroatoms. The summed E-state index contributed by atoms with van der Waals surface area (Å²) in [6, 6.07) is 4.60. The average molecular weight is 253 g/mol. The highest BCUT2D eigenvalue weighted by atomic mass is 19.1. The fourth-order valence-electron chi connectivity index (χ4n) is 1.63. The second kappa shape index (κ2) is 6.96. The molecule has 0 unspecified atom stereocenters. The Morgan fingerprint density at radius 1 is 1.50 bits per heavy atom. The number of hydrogen-bond acceptors (Lipinski definition) is 3. The molecular weight excluding hydrogens is 233 g/mol. The Bertz CT molecular complexity index is 389. The standard InChI is InChI=1S/C13H20FN3O/c1-3-7-16-13(18)9-17(2)8-10-11(14)5-4-6-12(10)15/h4-6H,3,7-9,15H2,1-2H3,(H,16,18). The van der Waals surface area contributed by atoms with Crippen molar-refractivity contribution in [2.45, 2.75) is 19.9 Å². The van der Waals surface area contributed by atoms with Crippen LogP contribution in [0.5, 0.6) is 0 Å². The molecule has 0 aromatic heterocycles. The van der Waals surface area contributed by atoms with Gasteiger partial charge in [0.15, 0.2) is 0 Å². The maximum absolute atomic E-state index is 13.5. The minimum Gasteiger partial charge on any atom is -0.398 e. The van der Waals surface area contributed by atoms with E-state index in [1.807, 2.05) is 6.92 Å². The van der Waals surface area contributed by atoms with Crippen molar-refractivity contribution >= 4 is 11.6 Å². The molecule has 1 aromatic rings. The van der Waals surface area contributed by atoms with Gasteiger partial charge < -0.3 is 11.1 Å². The minimum atomic E-state index is -0.337. The molecule has 0 spiro atoms. The number of amides is 1. The van der Waals surface area contributed by atoms with E-state index in [-0.39, 0.29) is 18.3 Å². The van der Waals surface area contributed by atoms with Crippen molar-refractivity contribution < 1.29 is 9.18 Å². The number of nitrogens with one attached hydrogen (secondary N) is 1. The number of likely N-dealkylation sites (N-methyl/N-ethyl adjacent to an activating group) is 1. The highest BCUT2D eigenvalue weighted by Crippen LogP contribution is 2.16. The van der Waals surface area contributed by atoms with Crippen molar-refractivity contribution in [2.75, 3.05) is 25.9 Å². The molecule has 0 aliphatic carbocycles. The number of carbonyl (C=O) groups is 1. The summed E-state index contributed by atoms with van der Waals surface area (Å²) in [5.41, 5.74) is 6.56. The van der Waals surface area contributed by atoms with E-state index in [9.17, 15) is 9.18 Å². The van der Waals surface area contributed by atoms with Crippen molar-refractivity contribution in [1.82, 2.24) is 10.2 Å². The van der Waals surface area contributed by atoms with Crippen LogP contribution in [0.3, 0.4) is 0 Å². The number of nitrogen functional groups attached to an aromatic ring is 1. The molecule has 0 aliphatic rings. The molecule has 18 heavy (non-hydrogen) atoms. The van der Waals surface area contributed by atoms with Gasteiger partial charge in [-0.3, -0.25) is 9.69 Å². The lowest BCUT2D eigenvalue weighted by molar-refractivity contribution is -0.122. The van der Waals surface area contributed by atoms with Crippen LogP contribution in [-0.2, 0) is 11.3 Å². The largest absolute Gasteiger partial charge is 0.398 e. The Morgan fingerprint density at radius 2 is 2.22 bits per heavy atom. The molecule has 0 saturated carbocycles. The zero-order valence-corrected chi connectivity index (χ0v) is 10.9. The summed E-state index contributed by atoms with van der Waals surface area (Å²) < 4.78 is 13.5. The van der Waals surface area contributed by atoms with Gasteiger partial charge in [-0.05, 0) is 25.6 Å². The number of nitrogens with two attached hydrogens (primary N) is 1. The van der Waals surface area contributed by atoms with Crippen LogP contribution in [0.15, 0.2) is 18.2 Å². The number of halogens is 1. The molecule has 0 aliphatic heterocycles. The smallest absolute Gasteiger partial charge is 0.234 e. The van der Waals surface area contributed by atoms with Crippen LogP contribution in [0.2, 0.25) is 0 Å². The first kappa shape index (κ1) is 14.4. The van der Waals surface area contributed by atoms with E-state index in [1.54, 1.807) is 24.1 Å². The van der Waals surface area contributed by atoms with E-state index >= 15 is 0 Å². The van der Waals surface area contributed by atoms with E-state index in [0.29, 0.717) is 24.3 Å². The predicted molar refractivity (Wildman–Crippen MR) is 70.4 cm³/mol. The van der Waals surface area contributed by atoms with Crippen molar-refractivity contribution in [3.63, 3.8) is 0 Å². The van der Waals surface area contributed by atoms with Crippen molar-refractivity contribution in [2.24, 2.45) is 0 Å². The third-order valence-electron chi connectivity index (χ3n) is 2.57. The lowest BCUT2D eigenvalue weighted by atomic mass is 10.1. The zero-order valence-electron chi connectivity index (χ0n) is 10.9. The monoisotopic (exact) mass is 253 g/mol. The van der Waals surface area contributed by atoms with Crippen molar-refractivity contribution in [1.29, 1.82) is 0 Å². The maximum Gasteiger partial charge on any atom is 0.234 e. The molecular formula is C13H20FN3O. The molecule has 1 amide bonds. The third kappa shape index (κ3) is 4.33. The topological polar surface area (TPSA) is 58.4 Å². The highest BCUT2D eigenvalue weighted by molar-refractivity contribution is 5.77. The van der Waals surface area contributed by atoms with Crippen LogP contribution in [-0.4, -0.2) is 30.9 Å². The summed E-state index contributed by atoms with van der Waals surface area (Å²) in [5, 5.41) is 2.77. The second-order valence-corrected chi connectivity index (χ2v) is 4.33. The van der Waals surface area contributed by atoms with E-state index < -0.39 is 0 Å². The first-order chi connectivity index (χ1) is 8.54. The molecule has 0 heterocycles. The van der Waals surface area contributed by atoms with E-state index in [4.69, 9.17) is 5.73 Å².